The number of rotatable bonds is 4. The number of ether oxygens (including phenoxy) is 2. The van der Waals surface area contributed by atoms with Gasteiger partial charge in [0.05, 0.1) is 32.1 Å². The van der Waals surface area contributed by atoms with Gasteiger partial charge in [0, 0.05) is 12.1 Å². The predicted molar refractivity (Wildman–Crippen MR) is 80.7 cm³/mol. The van der Waals surface area contributed by atoms with Crippen molar-refractivity contribution in [3.8, 4) is 5.88 Å². The Labute approximate surface area is 128 Å². The molecule has 0 aromatic carbocycles. The molecular formula is C15H19N3O4. The summed E-state index contributed by atoms with van der Waals surface area (Å²) in [7, 11) is 1.54. The highest BCUT2D eigenvalue weighted by Crippen LogP contribution is 2.18. The molecule has 1 N–H and O–H groups in total. The van der Waals surface area contributed by atoms with Crippen LogP contribution in [0.25, 0.3) is 0 Å². The standard InChI is InChI=1S/C15H19N3O4/c1-4-13(19)18-5-6-22-12(9-18)14(20)17-11-7-10(2)15(21-3)16-8-11/h4,7-8,12H,1,5-6,9H2,2-3H3,(H,17,20)/t12-/m1/s1. The first-order valence-electron chi connectivity index (χ1n) is 6.89. The number of pyridine rings is 1. The molecular weight excluding hydrogens is 286 g/mol. The van der Waals surface area contributed by atoms with Crippen molar-refractivity contribution in [1.82, 2.24) is 9.88 Å². The highest BCUT2D eigenvalue weighted by Gasteiger charge is 2.28. The summed E-state index contributed by atoms with van der Waals surface area (Å²) in [5.74, 6) is -0.00865. The summed E-state index contributed by atoms with van der Waals surface area (Å²) in [5, 5.41) is 2.74. The largest absolute Gasteiger partial charge is 0.481 e. The van der Waals surface area contributed by atoms with Crippen LogP contribution in [0, 0.1) is 6.92 Å². The van der Waals surface area contributed by atoms with Crippen molar-refractivity contribution < 1.29 is 19.1 Å². The van der Waals surface area contributed by atoms with Gasteiger partial charge in [-0.2, -0.15) is 0 Å². The molecule has 118 valence electrons. The average molecular weight is 305 g/mol. The number of methoxy groups -OCH3 is 1. The van der Waals surface area contributed by atoms with E-state index in [4.69, 9.17) is 9.47 Å². The van der Waals surface area contributed by atoms with E-state index in [1.54, 1.807) is 6.07 Å². The summed E-state index contributed by atoms with van der Waals surface area (Å²) in [4.78, 5) is 29.5. The van der Waals surface area contributed by atoms with E-state index in [-0.39, 0.29) is 18.4 Å². The van der Waals surface area contributed by atoms with Gasteiger partial charge in [0.1, 0.15) is 0 Å². The molecule has 22 heavy (non-hydrogen) atoms. The molecule has 2 rings (SSSR count). The number of anilines is 1. The van der Waals surface area contributed by atoms with Crippen LogP contribution in [0.3, 0.4) is 0 Å². The molecule has 1 saturated heterocycles. The smallest absolute Gasteiger partial charge is 0.255 e. The second kappa shape index (κ2) is 7.04. The van der Waals surface area contributed by atoms with Crippen molar-refractivity contribution in [2.75, 3.05) is 32.1 Å². The number of hydrogen-bond acceptors (Lipinski definition) is 5. The molecule has 0 radical (unpaired) electrons. The number of nitrogens with zero attached hydrogens (tertiary/aromatic N) is 2. The van der Waals surface area contributed by atoms with Gasteiger partial charge in [-0.1, -0.05) is 6.58 Å². The van der Waals surface area contributed by atoms with E-state index in [0.29, 0.717) is 24.7 Å². The minimum Gasteiger partial charge on any atom is -0.481 e. The third-order valence-corrected chi connectivity index (χ3v) is 3.34. The van der Waals surface area contributed by atoms with Gasteiger partial charge in [0.25, 0.3) is 5.91 Å². The molecule has 0 bridgehead atoms. The number of hydrogen-bond donors (Lipinski definition) is 1. The van der Waals surface area contributed by atoms with Gasteiger partial charge in [0.2, 0.25) is 11.8 Å². The van der Waals surface area contributed by atoms with Gasteiger partial charge >= 0.3 is 0 Å². The fraction of sp³-hybridized carbons (Fsp3) is 0.400. The van der Waals surface area contributed by atoms with Crippen LogP contribution in [-0.4, -0.2) is 54.6 Å². The minimum atomic E-state index is -0.708. The molecule has 1 aliphatic rings. The first-order chi connectivity index (χ1) is 10.5. The molecule has 7 nitrogen and oxygen atoms in total. The highest BCUT2D eigenvalue weighted by molar-refractivity contribution is 5.95. The van der Waals surface area contributed by atoms with Gasteiger partial charge in [-0.15, -0.1) is 0 Å². The number of amides is 2. The van der Waals surface area contributed by atoms with E-state index < -0.39 is 6.10 Å². The number of aryl methyl sites for hydroxylation is 1. The predicted octanol–water partition coefficient (Wildman–Crippen LogP) is 0.751. The van der Waals surface area contributed by atoms with Crippen LogP contribution < -0.4 is 10.1 Å². The topological polar surface area (TPSA) is 80.8 Å². The fourth-order valence-electron chi connectivity index (χ4n) is 2.20. The maximum Gasteiger partial charge on any atom is 0.255 e. The van der Waals surface area contributed by atoms with Crippen molar-refractivity contribution in [1.29, 1.82) is 0 Å². The molecule has 0 saturated carbocycles. The van der Waals surface area contributed by atoms with Crippen LogP contribution in [0.2, 0.25) is 0 Å². The highest BCUT2D eigenvalue weighted by atomic mass is 16.5. The van der Waals surface area contributed by atoms with Crippen molar-refractivity contribution in [2.45, 2.75) is 13.0 Å². The molecule has 1 fully saturated rings. The Morgan fingerprint density at radius 1 is 1.59 bits per heavy atom. The summed E-state index contributed by atoms with van der Waals surface area (Å²) in [5.41, 5.74) is 1.37. The summed E-state index contributed by atoms with van der Waals surface area (Å²) >= 11 is 0. The van der Waals surface area contributed by atoms with Gasteiger partial charge in [0.15, 0.2) is 6.10 Å². The Bertz CT molecular complexity index is 588. The Balaban J connectivity index is 2.01. The summed E-state index contributed by atoms with van der Waals surface area (Å²) in [6, 6.07) is 1.76. The van der Waals surface area contributed by atoms with Crippen LogP contribution >= 0.6 is 0 Å². The first-order valence-corrected chi connectivity index (χ1v) is 6.89. The second-order valence-electron chi connectivity index (χ2n) is 4.89. The molecule has 0 aliphatic carbocycles. The maximum atomic E-state index is 12.2. The third kappa shape index (κ3) is 3.62. The van der Waals surface area contributed by atoms with Crippen LogP contribution in [0.1, 0.15) is 5.56 Å². The van der Waals surface area contributed by atoms with Crippen LogP contribution in [0.15, 0.2) is 24.9 Å². The summed E-state index contributed by atoms with van der Waals surface area (Å²) < 4.78 is 10.5. The zero-order valence-corrected chi connectivity index (χ0v) is 12.7. The number of carbonyl (C=O) groups excluding carboxylic acids is 2. The zero-order chi connectivity index (χ0) is 16.1. The number of nitrogens with one attached hydrogen (secondary N) is 1. The zero-order valence-electron chi connectivity index (χ0n) is 12.7. The summed E-state index contributed by atoms with van der Waals surface area (Å²) in [6.45, 7) is 6.26. The van der Waals surface area contributed by atoms with Gasteiger partial charge in [-0.25, -0.2) is 4.98 Å². The Morgan fingerprint density at radius 3 is 3.00 bits per heavy atom. The molecule has 1 aliphatic heterocycles. The second-order valence-corrected chi connectivity index (χ2v) is 4.89. The molecule has 2 amide bonds. The van der Waals surface area contributed by atoms with Crippen LogP contribution in [-0.2, 0) is 14.3 Å². The van der Waals surface area contributed by atoms with E-state index in [1.165, 1.54) is 24.3 Å². The van der Waals surface area contributed by atoms with Crippen LogP contribution in [0.5, 0.6) is 5.88 Å². The number of carbonyl (C=O) groups is 2. The molecule has 1 aromatic heterocycles. The fourth-order valence-corrected chi connectivity index (χ4v) is 2.20. The SMILES string of the molecule is C=CC(=O)N1CCO[C@@H](C(=O)Nc2cnc(OC)c(C)c2)C1. The lowest BCUT2D eigenvalue weighted by Gasteiger charge is -2.31. The van der Waals surface area contributed by atoms with E-state index in [1.807, 2.05) is 6.92 Å². The lowest BCUT2D eigenvalue weighted by atomic mass is 10.2. The third-order valence-electron chi connectivity index (χ3n) is 3.34. The normalized spacial score (nSPS) is 17.7. The van der Waals surface area contributed by atoms with E-state index in [9.17, 15) is 9.59 Å². The van der Waals surface area contributed by atoms with Crippen molar-refractivity contribution >= 4 is 17.5 Å². The van der Waals surface area contributed by atoms with E-state index in [0.717, 1.165) is 5.56 Å². The molecule has 0 spiro atoms. The van der Waals surface area contributed by atoms with Gasteiger partial charge in [-0.3, -0.25) is 9.59 Å². The van der Waals surface area contributed by atoms with Crippen molar-refractivity contribution in [3.05, 3.63) is 30.5 Å². The maximum absolute atomic E-state index is 12.2. The Kier molecular flexibility index (Phi) is 5.11. The monoisotopic (exact) mass is 305 g/mol. The first kappa shape index (κ1) is 16.0. The quantitative estimate of drug-likeness (QED) is 0.830. The van der Waals surface area contributed by atoms with Gasteiger partial charge in [-0.05, 0) is 19.1 Å². The average Bonchev–Trinajstić information content (AvgIpc) is 2.54. The lowest BCUT2D eigenvalue weighted by Crippen LogP contribution is -2.49. The summed E-state index contributed by atoms with van der Waals surface area (Å²) in [6.07, 6.45) is 2.04. The number of morpholine rings is 1. The molecule has 0 unspecified atom stereocenters. The minimum absolute atomic E-state index is 0.206. The van der Waals surface area contributed by atoms with Gasteiger partial charge < -0.3 is 19.7 Å². The molecule has 1 aromatic rings. The molecule has 7 heteroatoms. The van der Waals surface area contributed by atoms with E-state index in [2.05, 4.69) is 16.9 Å². The lowest BCUT2D eigenvalue weighted by molar-refractivity contribution is -0.141. The number of aromatic nitrogens is 1. The Morgan fingerprint density at radius 2 is 2.36 bits per heavy atom. The molecule has 1 atom stereocenters. The van der Waals surface area contributed by atoms with Crippen molar-refractivity contribution in [2.24, 2.45) is 0 Å². The molecule has 2 heterocycles. The van der Waals surface area contributed by atoms with E-state index >= 15 is 0 Å². The van der Waals surface area contributed by atoms with Crippen molar-refractivity contribution in [3.63, 3.8) is 0 Å². The van der Waals surface area contributed by atoms with Crippen LogP contribution in [0.4, 0.5) is 5.69 Å². The Hall–Kier alpha value is -2.41.